The van der Waals surface area contributed by atoms with Crippen molar-refractivity contribution in [2.75, 3.05) is 20.2 Å². The normalized spacial score (nSPS) is 11.9. The van der Waals surface area contributed by atoms with E-state index in [1.54, 1.807) is 6.92 Å². The van der Waals surface area contributed by atoms with Gasteiger partial charge in [-0.15, -0.1) is 0 Å². The van der Waals surface area contributed by atoms with Crippen LogP contribution < -0.4 is 0 Å². The van der Waals surface area contributed by atoms with Gasteiger partial charge in [0.1, 0.15) is 0 Å². The van der Waals surface area contributed by atoms with Gasteiger partial charge in [-0.05, 0) is 24.6 Å². The number of ether oxygens (including phenoxy) is 1. The van der Waals surface area contributed by atoms with Gasteiger partial charge in [0, 0.05) is 18.7 Å². The minimum atomic E-state index is -1.06. The first kappa shape index (κ1) is 19.1. The van der Waals surface area contributed by atoms with Crippen LogP contribution >= 0.6 is 0 Å². The lowest BCUT2D eigenvalue weighted by Crippen LogP contribution is -2.38. The SMILES string of the molecule is CCCCCN(CC(C)C(=O)OC)C(=O)c1ccc(F)c(F)c1. The zero-order chi connectivity index (χ0) is 17.4. The van der Waals surface area contributed by atoms with Gasteiger partial charge in [-0.25, -0.2) is 8.78 Å². The second kappa shape index (κ2) is 9.22. The number of unbranched alkanes of at least 4 members (excludes halogenated alkanes) is 2. The number of methoxy groups -OCH3 is 1. The largest absolute Gasteiger partial charge is 0.469 e. The molecule has 0 saturated heterocycles. The van der Waals surface area contributed by atoms with Crippen molar-refractivity contribution in [2.24, 2.45) is 5.92 Å². The second-order valence-electron chi connectivity index (χ2n) is 5.51. The molecule has 0 bridgehead atoms. The van der Waals surface area contributed by atoms with E-state index >= 15 is 0 Å². The number of amides is 1. The van der Waals surface area contributed by atoms with Gasteiger partial charge in [-0.3, -0.25) is 9.59 Å². The summed E-state index contributed by atoms with van der Waals surface area (Å²) in [5, 5.41) is 0. The molecule has 0 N–H and O–H groups in total. The maximum Gasteiger partial charge on any atom is 0.310 e. The highest BCUT2D eigenvalue weighted by Crippen LogP contribution is 2.14. The first-order chi connectivity index (χ1) is 10.9. The highest BCUT2D eigenvalue weighted by molar-refractivity contribution is 5.94. The molecule has 0 aliphatic heterocycles. The molecule has 0 aromatic heterocycles. The molecule has 1 aromatic carbocycles. The van der Waals surface area contributed by atoms with Gasteiger partial charge in [-0.2, -0.15) is 0 Å². The summed E-state index contributed by atoms with van der Waals surface area (Å²) in [6.07, 6.45) is 2.70. The molecule has 0 spiro atoms. The van der Waals surface area contributed by atoms with Crippen molar-refractivity contribution in [3.8, 4) is 0 Å². The summed E-state index contributed by atoms with van der Waals surface area (Å²) in [6, 6.07) is 3.06. The Morgan fingerprint density at radius 1 is 1.22 bits per heavy atom. The molecule has 0 aliphatic rings. The van der Waals surface area contributed by atoms with E-state index in [1.165, 1.54) is 18.1 Å². The number of esters is 1. The predicted molar refractivity (Wildman–Crippen MR) is 83.0 cm³/mol. The van der Waals surface area contributed by atoms with Crippen LogP contribution in [-0.4, -0.2) is 37.0 Å². The van der Waals surface area contributed by atoms with Crippen molar-refractivity contribution < 1.29 is 23.1 Å². The van der Waals surface area contributed by atoms with Gasteiger partial charge in [0.15, 0.2) is 11.6 Å². The Morgan fingerprint density at radius 2 is 1.91 bits per heavy atom. The van der Waals surface area contributed by atoms with E-state index in [-0.39, 0.29) is 12.1 Å². The van der Waals surface area contributed by atoms with Crippen molar-refractivity contribution in [1.29, 1.82) is 0 Å². The topological polar surface area (TPSA) is 46.6 Å². The molecule has 128 valence electrons. The average Bonchev–Trinajstić information content (AvgIpc) is 2.55. The second-order valence-corrected chi connectivity index (χ2v) is 5.51. The van der Waals surface area contributed by atoms with Crippen LogP contribution in [0.25, 0.3) is 0 Å². The van der Waals surface area contributed by atoms with Crippen molar-refractivity contribution in [2.45, 2.75) is 33.1 Å². The highest BCUT2D eigenvalue weighted by atomic mass is 19.2. The summed E-state index contributed by atoms with van der Waals surface area (Å²) < 4.78 is 31.0. The maximum absolute atomic E-state index is 13.3. The van der Waals surface area contributed by atoms with Crippen LogP contribution in [0.2, 0.25) is 0 Å². The molecular weight excluding hydrogens is 304 g/mol. The number of nitrogens with zero attached hydrogens (tertiary/aromatic N) is 1. The maximum atomic E-state index is 13.3. The Labute approximate surface area is 135 Å². The molecule has 0 heterocycles. The number of rotatable bonds is 8. The molecule has 1 amide bonds. The van der Waals surface area contributed by atoms with Gasteiger partial charge in [0.25, 0.3) is 5.91 Å². The van der Waals surface area contributed by atoms with Crippen molar-refractivity contribution in [1.82, 2.24) is 4.90 Å². The van der Waals surface area contributed by atoms with E-state index in [0.29, 0.717) is 6.54 Å². The summed E-state index contributed by atoms with van der Waals surface area (Å²) in [5.74, 6) is -3.39. The van der Waals surface area contributed by atoms with Crippen LogP contribution in [0.15, 0.2) is 18.2 Å². The zero-order valence-electron chi connectivity index (χ0n) is 13.8. The van der Waals surface area contributed by atoms with E-state index in [9.17, 15) is 18.4 Å². The molecule has 0 radical (unpaired) electrons. The van der Waals surface area contributed by atoms with Crippen LogP contribution in [0.5, 0.6) is 0 Å². The summed E-state index contributed by atoms with van der Waals surface area (Å²) in [5.41, 5.74) is 0.0671. The molecule has 4 nitrogen and oxygen atoms in total. The lowest BCUT2D eigenvalue weighted by atomic mass is 10.1. The number of hydrogen-bond acceptors (Lipinski definition) is 3. The first-order valence-electron chi connectivity index (χ1n) is 7.72. The number of carbonyl (C=O) groups excluding carboxylic acids is 2. The monoisotopic (exact) mass is 327 g/mol. The Morgan fingerprint density at radius 3 is 2.48 bits per heavy atom. The third kappa shape index (κ3) is 5.62. The van der Waals surface area contributed by atoms with Crippen LogP contribution in [0.1, 0.15) is 43.5 Å². The van der Waals surface area contributed by atoms with Crippen molar-refractivity contribution in [3.05, 3.63) is 35.4 Å². The minimum Gasteiger partial charge on any atom is -0.469 e. The summed E-state index contributed by atoms with van der Waals surface area (Å²) >= 11 is 0. The van der Waals surface area contributed by atoms with E-state index in [1.807, 2.05) is 6.92 Å². The Balaban J connectivity index is 2.90. The van der Waals surface area contributed by atoms with Crippen molar-refractivity contribution >= 4 is 11.9 Å². The van der Waals surface area contributed by atoms with Gasteiger partial charge < -0.3 is 9.64 Å². The first-order valence-corrected chi connectivity index (χ1v) is 7.72. The third-order valence-corrected chi connectivity index (χ3v) is 3.58. The standard InChI is InChI=1S/C17H23F2NO3/c1-4-5-6-9-20(11-12(2)17(22)23-3)16(21)13-7-8-14(18)15(19)10-13/h7-8,10,12H,4-6,9,11H2,1-3H3. The lowest BCUT2D eigenvalue weighted by molar-refractivity contribution is -0.145. The van der Waals surface area contributed by atoms with Crippen LogP contribution in [0.3, 0.4) is 0 Å². The highest BCUT2D eigenvalue weighted by Gasteiger charge is 2.23. The average molecular weight is 327 g/mol. The summed E-state index contributed by atoms with van der Waals surface area (Å²) in [7, 11) is 1.29. The zero-order valence-corrected chi connectivity index (χ0v) is 13.8. The van der Waals surface area contributed by atoms with Crippen LogP contribution in [-0.2, 0) is 9.53 Å². The molecule has 23 heavy (non-hydrogen) atoms. The summed E-state index contributed by atoms with van der Waals surface area (Å²) in [6.45, 7) is 4.33. The number of carbonyl (C=O) groups is 2. The molecule has 1 atom stereocenters. The van der Waals surface area contributed by atoms with E-state index in [2.05, 4.69) is 4.74 Å². The number of halogens is 2. The number of benzene rings is 1. The van der Waals surface area contributed by atoms with Crippen molar-refractivity contribution in [3.63, 3.8) is 0 Å². The summed E-state index contributed by atoms with van der Waals surface area (Å²) in [4.78, 5) is 25.6. The quantitative estimate of drug-likeness (QED) is 0.543. The molecule has 1 rings (SSSR count). The fourth-order valence-corrected chi connectivity index (χ4v) is 2.25. The van der Waals surface area contributed by atoms with E-state index in [4.69, 9.17) is 0 Å². The van der Waals surface area contributed by atoms with Gasteiger partial charge in [0.05, 0.1) is 13.0 Å². The van der Waals surface area contributed by atoms with E-state index in [0.717, 1.165) is 31.4 Å². The fraction of sp³-hybridized carbons (Fsp3) is 0.529. The minimum absolute atomic E-state index is 0.0671. The molecular formula is C17H23F2NO3. The molecule has 0 saturated carbocycles. The van der Waals surface area contributed by atoms with Gasteiger partial charge in [0.2, 0.25) is 0 Å². The molecule has 0 fully saturated rings. The molecule has 1 unspecified atom stereocenters. The van der Waals surface area contributed by atoms with Gasteiger partial charge in [-0.1, -0.05) is 26.7 Å². The van der Waals surface area contributed by atoms with E-state index < -0.39 is 29.4 Å². The Kier molecular flexibility index (Phi) is 7.65. The fourth-order valence-electron chi connectivity index (χ4n) is 2.25. The molecule has 1 aromatic rings. The lowest BCUT2D eigenvalue weighted by Gasteiger charge is -2.25. The van der Waals surface area contributed by atoms with Gasteiger partial charge >= 0.3 is 5.97 Å². The Bertz CT molecular complexity index is 549. The predicted octanol–water partition coefficient (Wildman–Crippen LogP) is 3.41. The van der Waals surface area contributed by atoms with Crippen LogP contribution in [0.4, 0.5) is 8.78 Å². The smallest absolute Gasteiger partial charge is 0.310 e. The number of hydrogen-bond donors (Lipinski definition) is 0. The van der Waals surface area contributed by atoms with Crippen LogP contribution in [0, 0.1) is 17.6 Å². The molecule has 0 aliphatic carbocycles. The molecule has 6 heteroatoms. The third-order valence-electron chi connectivity index (χ3n) is 3.58. The Hall–Kier alpha value is -1.98.